The molecule has 1 saturated heterocycles. The number of halogens is 1. The fourth-order valence-corrected chi connectivity index (χ4v) is 3.02. The fourth-order valence-electron chi connectivity index (χ4n) is 2.82. The third-order valence-corrected chi connectivity index (χ3v) is 4.49. The maximum Gasteiger partial charge on any atom is 0.270 e. The largest absolute Gasteiger partial charge is 0.352 e. The van der Waals surface area contributed by atoms with Crippen molar-refractivity contribution in [3.8, 4) is 6.07 Å². The van der Waals surface area contributed by atoms with Gasteiger partial charge in [0.2, 0.25) is 0 Å². The highest BCUT2D eigenvalue weighted by Gasteiger charge is 2.26. The zero-order valence-corrected chi connectivity index (χ0v) is 14.4. The summed E-state index contributed by atoms with van der Waals surface area (Å²) in [5.74, 6) is 0.246. The SMILES string of the molecule is N#Cc1cccnc1N1CCN(C(=O)c2cc([N+](=O)[O-])ccc2Cl)CC1. The predicted molar refractivity (Wildman–Crippen MR) is 95.2 cm³/mol. The molecule has 1 aromatic heterocycles. The Morgan fingerprint density at radius 2 is 2.00 bits per heavy atom. The van der Waals surface area contributed by atoms with Crippen LogP contribution < -0.4 is 4.90 Å². The molecule has 3 rings (SSSR count). The Balaban J connectivity index is 1.74. The molecule has 0 spiro atoms. The van der Waals surface area contributed by atoms with E-state index in [4.69, 9.17) is 11.6 Å². The quantitative estimate of drug-likeness (QED) is 0.606. The number of pyridine rings is 1. The molecule has 0 radical (unpaired) electrons. The van der Waals surface area contributed by atoms with Crippen LogP contribution in [0.4, 0.5) is 11.5 Å². The van der Waals surface area contributed by atoms with Crippen LogP contribution in [-0.2, 0) is 0 Å². The van der Waals surface area contributed by atoms with Crippen molar-refractivity contribution in [2.75, 3.05) is 31.1 Å². The van der Waals surface area contributed by atoms with Crippen molar-refractivity contribution in [2.45, 2.75) is 0 Å². The summed E-state index contributed by atoms with van der Waals surface area (Å²) >= 11 is 6.05. The fraction of sp³-hybridized carbons (Fsp3) is 0.235. The van der Waals surface area contributed by atoms with Crippen molar-refractivity contribution in [1.82, 2.24) is 9.88 Å². The second-order valence-electron chi connectivity index (χ2n) is 5.69. The van der Waals surface area contributed by atoms with Crippen LogP contribution in [0.1, 0.15) is 15.9 Å². The lowest BCUT2D eigenvalue weighted by molar-refractivity contribution is -0.384. The molecule has 9 heteroatoms. The summed E-state index contributed by atoms with van der Waals surface area (Å²) in [4.78, 5) is 30.8. The van der Waals surface area contributed by atoms with Crippen LogP contribution in [0.15, 0.2) is 36.5 Å². The van der Waals surface area contributed by atoms with Gasteiger partial charge in [0.05, 0.1) is 21.1 Å². The van der Waals surface area contributed by atoms with E-state index >= 15 is 0 Å². The highest BCUT2D eigenvalue weighted by atomic mass is 35.5. The molecule has 132 valence electrons. The number of benzene rings is 1. The molecule has 2 heterocycles. The number of amides is 1. The zero-order chi connectivity index (χ0) is 18.7. The van der Waals surface area contributed by atoms with E-state index in [9.17, 15) is 20.2 Å². The van der Waals surface area contributed by atoms with Gasteiger partial charge in [0.1, 0.15) is 11.9 Å². The summed E-state index contributed by atoms with van der Waals surface area (Å²) in [5, 5.41) is 20.3. The minimum Gasteiger partial charge on any atom is -0.352 e. The molecule has 1 amide bonds. The number of hydrogen-bond acceptors (Lipinski definition) is 6. The summed E-state index contributed by atoms with van der Waals surface area (Å²) < 4.78 is 0. The molecule has 1 aliphatic rings. The number of nitro benzene ring substituents is 1. The minimum atomic E-state index is -0.560. The molecule has 0 bridgehead atoms. The van der Waals surface area contributed by atoms with E-state index in [0.29, 0.717) is 37.6 Å². The Kier molecular flexibility index (Phi) is 5.00. The Bertz CT molecular complexity index is 904. The van der Waals surface area contributed by atoms with Crippen molar-refractivity contribution in [3.05, 3.63) is 62.8 Å². The molecular formula is C17H14ClN5O3. The van der Waals surface area contributed by atoms with Crippen molar-refractivity contribution in [1.29, 1.82) is 5.26 Å². The summed E-state index contributed by atoms with van der Waals surface area (Å²) in [6, 6.07) is 9.33. The Labute approximate surface area is 154 Å². The third-order valence-electron chi connectivity index (χ3n) is 4.16. The lowest BCUT2D eigenvalue weighted by Gasteiger charge is -2.35. The molecule has 1 aromatic carbocycles. The van der Waals surface area contributed by atoms with Gasteiger partial charge in [-0.05, 0) is 18.2 Å². The lowest BCUT2D eigenvalue weighted by atomic mass is 10.1. The van der Waals surface area contributed by atoms with Gasteiger partial charge in [-0.2, -0.15) is 5.26 Å². The number of anilines is 1. The number of nitrogens with zero attached hydrogens (tertiary/aromatic N) is 5. The highest BCUT2D eigenvalue weighted by molar-refractivity contribution is 6.33. The van der Waals surface area contributed by atoms with Crippen LogP contribution in [0, 0.1) is 21.4 Å². The standard InChI is InChI=1S/C17H14ClN5O3/c18-15-4-3-13(23(25)26)10-14(15)17(24)22-8-6-21(7-9-22)16-12(11-19)2-1-5-20-16/h1-5,10H,6-9H2. The topological polar surface area (TPSA) is 103 Å². The first kappa shape index (κ1) is 17.6. The molecule has 1 fully saturated rings. The number of nitriles is 1. The molecule has 0 unspecified atom stereocenters. The number of carbonyl (C=O) groups is 1. The van der Waals surface area contributed by atoms with Gasteiger partial charge in [-0.15, -0.1) is 0 Å². The van der Waals surface area contributed by atoms with Gasteiger partial charge in [-0.1, -0.05) is 11.6 Å². The number of piperazine rings is 1. The van der Waals surface area contributed by atoms with Gasteiger partial charge in [0.15, 0.2) is 0 Å². The highest BCUT2D eigenvalue weighted by Crippen LogP contribution is 2.25. The number of nitro groups is 1. The number of non-ortho nitro benzene ring substituents is 1. The second-order valence-corrected chi connectivity index (χ2v) is 6.09. The zero-order valence-electron chi connectivity index (χ0n) is 13.6. The van der Waals surface area contributed by atoms with Crippen molar-refractivity contribution in [2.24, 2.45) is 0 Å². The van der Waals surface area contributed by atoms with Gasteiger partial charge in [-0.25, -0.2) is 4.98 Å². The normalized spacial score (nSPS) is 14.0. The molecule has 26 heavy (non-hydrogen) atoms. The summed E-state index contributed by atoms with van der Waals surface area (Å²) in [7, 11) is 0. The molecule has 0 N–H and O–H groups in total. The molecule has 1 aliphatic heterocycles. The smallest absolute Gasteiger partial charge is 0.270 e. The lowest BCUT2D eigenvalue weighted by Crippen LogP contribution is -2.49. The van der Waals surface area contributed by atoms with Crippen molar-refractivity contribution >= 4 is 29.0 Å². The van der Waals surface area contributed by atoms with Crippen LogP contribution in [0.3, 0.4) is 0 Å². The van der Waals surface area contributed by atoms with Crippen LogP contribution in [0.5, 0.6) is 0 Å². The molecule has 8 nitrogen and oxygen atoms in total. The average Bonchev–Trinajstić information content (AvgIpc) is 2.67. The number of aromatic nitrogens is 1. The van der Waals surface area contributed by atoms with Crippen LogP contribution in [0.25, 0.3) is 0 Å². The van der Waals surface area contributed by atoms with Crippen LogP contribution in [-0.4, -0.2) is 46.9 Å². The number of carbonyl (C=O) groups excluding carboxylic acids is 1. The molecule has 0 atom stereocenters. The van der Waals surface area contributed by atoms with Gasteiger partial charge >= 0.3 is 0 Å². The Morgan fingerprint density at radius 1 is 1.27 bits per heavy atom. The minimum absolute atomic E-state index is 0.116. The van der Waals surface area contributed by atoms with E-state index in [1.165, 1.54) is 18.2 Å². The van der Waals surface area contributed by atoms with Gasteiger partial charge in [0, 0.05) is 44.5 Å². The van der Waals surface area contributed by atoms with Gasteiger partial charge in [0.25, 0.3) is 11.6 Å². The summed E-state index contributed by atoms with van der Waals surface area (Å²) in [6.07, 6.45) is 1.62. The summed E-state index contributed by atoms with van der Waals surface area (Å²) in [6.45, 7) is 1.81. The van der Waals surface area contributed by atoms with Gasteiger partial charge in [-0.3, -0.25) is 14.9 Å². The van der Waals surface area contributed by atoms with E-state index < -0.39 is 4.92 Å². The third kappa shape index (κ3) is 3.43. The Morgan fingerprint density at radius 3 is 2.65 bits per heavy atom. The monoisotopic (exact) mass is 371 g/mol. The molecule has 2 aromatic rings. The molecule has 0 saturated carbocycles. The van der Waals surface area contributed by atoms with E-state index in [1.54, 1.807) is 23.2 Å². The number of rotatable bonds is 3. The maximum atomic E-state index is 12.7. The van der Waals surface area contributed by atoms with E-state index in [2.05, 4.69) is 11.1 Å². The van der Waals surface area contributed by atoms with Crippen molar-refractivity contribution in [3.63, 3.8) is 0 Å². The van der Waals surface area contributed by atoms with E-state index in [1.807, 2.05) is 4.90 Å². The van der Waals surface area contributed by atoms with Crippen molar-refractivity contribution < 1.29 is 9.72 Å². The molecular weight excluding hydrogens is 358 g/mol. The van der Waals surface area contributed by atoms with E-state index in [-0.39, 0.29) is 22.2 Å². The maximum absolute atomic E-state index is 12.7. The first-order valence-corrected chi connectivity index (χ1v) is 8.22. The second kappa shape index (κ2) is 7.37. The predicted octanol–water partition coefficient (Wildman–Crippen LogP) is 2.48. The first-order chi connectivity index (χ1) is 12.5. The van der Waals surface area contributed by atoms with Gasteiger partial charge < -0.3 is 9.80 Å². The summed E-state index contributed by atoms with van der Waals surface area (Å²) in [5.41, 5.74) is 0.419. The first-order valence-electron chi connectivity index (χ1n) is 7.84. The Hall–Kier alpha value is -3.18. The van der Waals surface area contributed by atoms with Crippen LogP contribution in [0.2, 0.25) is 5.02 Å². The van der Waals surface area contributed by atoms with Crippen LogP contribution >= 0.6 is 11.6 Å². The number of hydrogen-bond donors (Lipinski definition) is 0. The van der Waals surface area contributed by atoms with E-state index in [0.717, 1.165) is 0 Å². The average molecular weight is 372 g/mol. The molecule has 0 aliphatic carbocycles.